The number of oxime groups is 1. The number of hydrogen-bond donors (Lipinski definition) is 2. The lowest BCUT2D eigenvalue weighted by Crippen LogP contribution is -2.43. The minimum absolute atomic E-state index is 0.00840. The fourth-order valence-corrected chi connectivity index (χ4v) is 4.37. The number of rotatable bonds is 4. The molecule has 4 rings (SSSR count). The van der Waals surface area contributed by atoms with Gasteiger partial charge in [0.2, 0.25) is 5.91 Å². The van der Waals surface area contributed by atoms with Crippen molar-refractivity contribution in [2.45, 2.75) is 43.8 Å². The van der Waals surface area contributed by atoms with Crippen molar-refractivity contribution in [3.63, 3.8) is 0 Å². The first kappa shape index (κ1) is 26.7. The van der Waals surface area contributed by atoms with E-state index >= 15 is 0 Å². The Labute approximate surface area is 209 Å². The molecular formula is C23H17ClF7N3O3. The van der Waals surface area contributed by atoms with Gasteiger partial charge in [0.25, 0.3) is 11.5 Å². The van der Waals surface area contributed by atoms with Gasteiger partial charge in [0.15, 0.2) is 0 Å². The summed E-state index contributed by atoms with van der Waals surface area (Å²) in [4.78, 5) is 28.5. The standard InChI is InChI=1S/C23H17ClF7N3O3/c1-10-4-11(2-3-14(10)20(36)33-13-7-18(35)32-9-13)17-8-21(37-34-17,23(29,30)31)15-5-12(22(26,27)28)6-16(24)19(15)25/h2-6,13H,7-9H2,1H3,(H,32,35)(H,33,36)/t13-,21-/m1/s1. The Hall–Kier alpha value is -3.35. The Morgan fingerprint density at radius 1 is 1.19 bits per heavy atom. The Kier molecular flexibility index (Phi) is 6.63. The third-order valence-electron chi connectivity index (χ3n) is 6.09. The number of halogens is 8. The van der Waals surface area contributed by atoms with Crippen molar-refractivity contribution in [2.24, 2.45) is 5.16 Å². The van der Waals surface area contributed by atoms with E-state index in [0.29, 0.717) is 5.56 Å². The number of carbonyl (C=O) groups excluding carboxylic acids is 2. The van der Waals surface area contributed by atoms with Gasteiger partial charge in [0, 0.05) is 24.1 Å². The highest BCUT2D eigenvalue weighted by Crippen LogP contribution is 2.51. The molecule has 37 heavy (non-hydrogen) atoms. The predicted molar refractivity (Wildman–Crippen MR) is 116 cm³/mol. The Morgan fingerprint density at radius 2 is 1.89 bits per heavy atom. The molecule has 0 spiro atoms. The number of aryl methyl sites for hydroxylation is 1. The van der Waals surface area contributed by atoms with Crippen molar-refractivity contribution in [3.05, 3.63) is 69.0 Å². The second kappa shape index (κ2) is 9.19. The summed E-state index contributed by atoms with van der Waals surface area (Å²) in [6.45, 7) is 1.77. The van der Waals surface area contributed by atoms with E-state index in [0.717, 1.165) is 0 Å². The lowest BCUT2D eigenvalue weighted by molar-refractivity contribution is -0.276. The Balaban J connectivity index is 1.65. The molecular weight excluding hydrogens is 535 g/mol. The van der Waals surface area contributed by atoms with Gasteiger partial charge < -0.3 is 15.5 Å². The Bertz CT molecular complexity index is 1310. The maximum absolute atomic E-state index is 14.7. The number of nitrogens with zero attached hydrogens (tertiary/aromatic N) is 1. The fraction of sp³-hybridized carbons (Fsp3) is 0.348. The maximum Gasteiger partial charge on any atom is 0.435 e. The van der Waals surface area contributed by atoms with E-state index in [-0.39, 0.29) is 47.8 Å². The summed E-state index contributed by atoms with van der Waals surface area (Å²) < 4.78 is 97.1. The zero-order valence-corrected chi connectivity index (χ0v) is 19.5. The van der Waals surface area contributed by atoms with E-state index in [1.807, 2.05) is 0 Å². The first-order chi connectivity index (χ1) is 17.1. The van der Waals surface area contributed by atoms with Crippen molar-refractivity contribution in [1.82, 2.24) is 10.6 Å². The van der Waals surface area contributed by atoms with Crippen molar-refractivity contribution in [1.29, 1.82) is 0 Å². The lowest BCUT2D eigenvalue weighted by Gasteiger charge is -2.30. The van der Waals surface area contributed by atoms with Crippen molar-refractivity contribution >= 4 is 29.1 Å². The molecule has 1 fully saturated rings. The molecule has 0 bridgehead atoms. The van der Waals surface area contributed by atoms with Gasteiger partial charge in [-0.15, -0.1) is 0 Å². The average Bonchev–Trinajstić information content (AvgIpc) is 3.41. The molecule has 2 aromatic rings. The van der Waals surface area contributed by atoms with Gasteiger partial charge in [-0.05, 0) is 42.3 Å². The fourth-order valence-electron chi connectivity index (χ4n) is 4.15. The minimum atomic E-state index is -5.38. The smallest absolute Gasteiger partial charge is 0.374 e. The van der Waals surface area contributed by atoms with Crippen molar-refractivity contribution in [3.8, 4) is 0 Å². The van der Waals surface area contributed by atoms with Crippen LogP contribution in [0.25, 0.3) is 0 Å². The monoisotopic (exact) mass is 551 g/mol. The summed E-state index contributed by atoms with van der Waals surface area (Å²) >= 11 is 5.51. The summed E-state index contributed by atoms with van der Waals surface area (Å²) in [5, 5.41) is 7.51. The molecule has 6 nitrogen and oxygen atoms in total. The van der Waals surface area contributed by atoms with E-state index in [2.05, 4.69) is 20.6 Å². The normalized spacial score (nSPS) is 21.9. The molecule has 0 aromatic heterocycles. The van der Waals surface area contributed by atoms with E-state index in [1.54, 1.807) is 0 Å². The predicted octanol–water partition coefficient (Wildman–Crippen LogP) is 5.01. The van der Waals surface area contributed by atoms with E-state index in [4.69, 9.17) is 11.6 Å². The number of amides is 2. The van der Waals surface area contributed by atoms with Gasteiger partial charge in [-0.3, -0.25) is 9.59 Å². The minimum Gasteiger partial charge on any atom is -0.374 e. The zero-order chi connectivity index (χ0) is 27.3. The average molecular weight is 552 g/mol. The summed E-state index contributed by atoms with van der Waals surface area (Å²) in [6.07, 6.45) is -11.5. The molecule has 2 amide bonds. The molecule has 2 atom stereocenters. The van der Waals surface area contributed by atoms with Crippen LogP contribution < -0.4 is 10.6 Å². The highest BCUT2D eigenvalue weighted by Gasteiger charge is 2.64. The molecule has 0 aliphatic carbocycles. The molecule has 0 unspecified atom stereocenters. The van der Waals surface area contributed by atoms with Gasteiger partial charge >= 0.3 is 12.4 Å². The zero-order valence-electron chi connectivity index (χ0n) is 18.8. The molecule has 14 heteroatoms. The highest BCUT2D eigenvalue weighted by molar-refractivity contribution is 6.30. The molecule has 1 saturated heterocycles. The highest BCUT2D eigenvalue weighted by atomic mass is 35.5. The number of hydrogen-bond acceptors (Lipinski definition) is 4. The summed E-state index contributed by atoms with van der Waals surface area (Å²) in [5.41, 5.74) is -6.33. The number of alkyl halides is 6. The number of nitrogens with one attached hydrogen (secondary N) is 2. The van der Waals surface area contributed by atoms with Crippen LogP contribution >= 0.6 is 11.6 Å². The largest absolute Gasteiger partial charge is 0.435 e. The molecule has 2 N–H and O–H groups in total. The molecule has 2 heterocycles. The first-order valence-electron chi connectivity index (χ1n) is 10.7. The van der Waals surface area contributed by atoms with Gasteiger partial charge in [-0.25, -0.2) is 4.39 Å². The van der Waals surface area contributed by atoms with E-state index in [9.17, 15) is 40.3 Å². The van der Waals surface area contributed by atoms with Gasteiger partial charge in [-0.1, -0.05) is 22.8 Å². The van der Waals surface area contributed by atoms with Crippen LogP contribution in [0.4, 0.5) is 30.7 Å². The molecule has 2 aliphatic heterocycles. The molecule has 198 valence electrons. The molecule has 0 saturated carbocycles. The van der Waals surface area contributed by atoms with Crippen molar-refractivity contribution < 1.29 is 45.2 Å². The summed E-state index contributed by atoms with van der Waals surface area (Å²) in [7, 11) is 0. The first-order valence-corrected chi connectivity index (χ1v) is 11.1. The van der Waals surface area contributed by atoms with Gasteiger partial charge in [0.05, 0.1) is 28.8 Å². The SMILES string of the molecule is Cc1cc(C2=NO[C@](c3cc(C(F)(F)F)cc(Cl)c3F)(C(F)(F)F)C2)ccc1C(=O)N[C@H]1CNC(=O)C1. The van der Waals surface area contributed by atoms with Gasteiger partial charge in [-0.2, -0.15) is 26.3 Å². The van der Waals surface area contributed by atoms with Crippen LogP contribution in [0, 0.1) is 12.7 Å². The quantitative estimate of drug-likeness (QED) is 0.525. The van der Waals surface area contributed by atoms with Crippen LogP contribution in [0.3, 0.4) is 0 Å². The topological polar surface area (TPSA) is 79.8 Å². The van der Waals surface area contributed by atoms with Crippen LogP contribution in [-0.4, -0.2) is 36.3 Å². The van der Waals surface area contributed by atoms with Crippen LogP contribution in [0.2, 0.25) is 5.02 Å². The molecule has 0 radical (unpaired) electrons. The summed E-state index contributed by atoms with van der Waals surface area (Å²) in [6, 6.07) is 3.72. The second-order valence-electron chi connectivity index (χ2n) is 8.66. The summed E-state index contributed by atoms with van der Waals surface area (Å²) in [5.74, 6) is -2.45. The molecule has 2 aromatic carbocycles. The van der Waals surface area contributed by atoms with E-state index in [1.165, 1.54) is 25.1 Å². The van der Waals surface area contributed by atoms with Crippen LogP contribution in [-0.2, 0) is 21.4 Å². The maximum atomic E-state index is 14.7. The van der Waals surface area contributed by atoms with Crippen LogP contribution in [0.15, 0.2) is 35.5 Å². The second-order valence-corrected chi connectivity index (χ2v) is 9.06. The van der Waals surface area contributed by atoms with Crippen molar-refractivity contribution in [2.75, 3.05) is 6.54 Å². The van der Waals surface area contributed by atoms with Crippen LogP contribution in [0.1, 0.15) is 45.5 Å². The van der Waals surface area contributed by atoms with E-state index < -0.39 is 58.3 Å². The lowest BCUT2D eigenvalue weighted by atomic mass is 9.85. The number of carbonyl (C=O) groups is 2. The van der Waals surface area contributed by atoms with Crippen LogP contribution in [0.5, 0.6) is 0 Å². The molecule has 2 aliphatic rings. The third kappa shape index (κ3) is 4.96. The third-order valence-corrected chi connectivity index (χ3v) is 6.37. The Morgan fingerprint density at radius 3 is 2.46 bits per heavy atom. The number of benzene rings is 2. The van der Waals surface area contributed by atoms with Gasteiger partial charge in [0.1, 0.15) is 5.82 Å².